The third-order valence-electron chi connectivity index (χ3n) is 5.96. The second-order valence-electron chi connectivity index (χ2n) is 7.90. The molecule has 4 aromatic rings. The molecule has 1 fully saturated rings. The van der Waals surface area contributed by atoms with E-state index in [1.165, 1.54) is 24.8 Å². The monoisotopic (exact) mass is 398 g/mol. The first kappa shape index (κ1) is 18.7. The normalized spacial score (nSPS) is 14.4. The number of fused-ring (bicyclic) bond motifs is 1. The Labute approximate surface area is 176 Å². The summed E-state index contributed by atoms with van der Waals surface area (Å²) in [7, 11) is 0. The molecule has 2 aromatic carbocycles. The van der Waals surface area contributed by atoms with Gasteiger partial charge in [0.2, 0.25) is 0 Å². The zero-order valence-corrected chi connectivity index (χ0v) is 17.3. The molecule has 0 aliphatic carbocycles. The van der Waals surface area contributed by atoms with Gasteiger partial charge in [-0.15, -0.1) is 0 Å². The van der Waals surface area contributed by atoms with Gasteiger partial charge in [0.15, 0.2) is 11.5 Å². The largest absolute Gasteiger partial charge is 0.508 e. The topological polar surface area (TPSA) is 53.7 Å². The number of phenolic OH excluding ortho intramolecular Hbond substituents is 1. The van der Waals surface area contributed by atoms with Gasteiger partial charge < -0.3 is 10.0 Å². The Kier molecular flexibility index (Phi) is 4.87. The van der Waals surface area contributed by atoms with Crippen LogP contribution in [0.3, 0.4) is 0 Å². The number of phenols is 1. The van der Waals surface area contributed by atoms with Gasteiger partial charge in [-0.25, -0.2) is 9.97 Å². The van der Waals surface area contributed by atoms with E-state index in [-0.39, 0.29) is 5.75 Å². The van der Waals surface area contributed by atoms with Crippen molar-refractivity contribution in [1.82, 2.24) is 14.4 Å². The van der Waals surface area contributed by atoms with Crippen LogP contribution in [0.25, 0.3) is 28.2 Å². The van der Waals surface area contributed by atoms with Crippen molar-refractivity contribution in [3.05, 3.63) is 66.5 Å². The van der Waals surface area contributed by atoms with E-state index >= 15 is 0 Å². The van der Waals surface area contributed by atoms with E-state index in [1.807, 2.05) is 24.5 Å². The highest BCUT2D eigenvalue weighted by Gasteiger charge is 2.22. The number of imidazole rings is 1. The molecular weight excluding hydrogens is 372 g/mol. The maximum atomic E-state index is 9.79. The van der Waals surface area contributed by atoms with Crippen LogP contribution in [0, 0.1) is 0 Å². The predicted molar refractivity (Wildman–Crippen MR) is 121 cm³/mol. The van der Waals surface area contributed by atoms with Gasteiger partial charge in [0.25, 0.3) is 0 Å². The van der Waals surface area contributed by atoms with E-state index in [0.717, 1.165) is 53.5 Å². The van der Waals surface area contributed by atoms with E-state index < -0.39 is 0 Å². The van der Waals surface area contributed by atoms with Crippen molar-refractivity contribution in [2.45, 2.75) is 32.6 Å². The maximum absolute atomic E-state index is 9.79. The van der Waals surface area contributed by atoms with Crippen molar-refractivity contribution in [1.29, 1.82) is 0 Å². The Morgan fingerprint density at radius 3 is 2.30 bits per heavy atom. The Morgan fingerprint density at radius 1 is 0.900 bits per heavy atom. The summed E-state index contributed by atoms with van der Waals surface area (Å²) in [6, 6.07) is 16.0. The van der Waals surface area contributed by atoms with Crippen LogP contribution in [-0.2, 0) is 6.42 Å². The molecule has 30 heavy (non-hydrogen) atoms. The fourth-order valence-electron chi connectivity index (χ4n) is 4.29. The molecule has 1 saturated heterocycles. The van der Waals surface area contributed by atoms with Crippen LogP contribution >= 0.6 is 0 Å². The first-order chi connectivity index (χ1) is 14.7. The summed E-state index contributed by atoms with van der Waals surface area (Å²) in [5, 5.41) is 9.79. The lowest BCUT2D eigenvalue weighted by Crippen LogP contribution is -2.30. The predicted octanol–water partition coefficient (Wildman–Crippen LogP) is 5.32. The van der Waals surface area contributed by atoms with Crippen LogP contribution < -0.4 is 4.90 Å². The number of benzene rings is 2. The van der Waals surface area contributed by atoms with E-state index in [0.29, 0.717) is 0 Å². The standard InChI is InChI=1S/C25H26N4O/c1-2-18-6-8-19(9-7-18)22-23(20-10-12-21(30)13-11-20)29-17-14-26-24(25(29)27-22)28-15-4-3-5-16-28/h6-14,17,30H,2-5,15-16H2,1H3. The number of anilines is 1. The molecule has 0 spiro atoms. The third-order valence-corrected chi connectivity index (χ3v) is 5.96. The average Bonchev–Trinajstić information content (AvgIpc) is 3.20. The summed E-state index contributed by atoms with van der Waals surface area (Å²) in [4.78, 5) is 12.2. The Morgan fingerprint density at radius 2 is 1.60 bits per heavy atom. The number of aryl methyl sites for hydroxylation is 1. The zero-order valence-electron chi connectivity index (χ0n) is 17.3. The Bertz CT molecular complexity index is 1160. The first-order valence-electron chi connectivity index (χ1n) is 10.8. The summed E-state index contributed by atoms with van der Waals surface area (Å²) in [6.45, 7) is 4.21. The number of nitrogens with zero attached hydrogens (tertiary/aromatic N) is 4. The van der Waals surface area contributed by atoms with Crippen LogP contribution in [-0.4, -0.2) is 32.6 Å². The quantitative estimate of drug-likeness (QED) is 0.505. The maximum Gasteiger partial charge on any atom is 0.181 e. The van der Waals surface area contributed by atoms with Gasteiger partial charge in [0, 0.05) is 36.6 Å². The molecule has 0 amide bonds. The van der Waals surface area contributed by atoms with Gasteiger partial charge in [-0.2, -0.15) is 0 Å². The molecule has 5 nitrogen and oxygen atoms in total. The van der Waals surface area contributed by atoms with Crippen molar-refractivity contribution < 1.29 is 5.11 Å². The highest BCUT2D eigenvalue weighted by Crippen LogP contribution is 2.36. The van der Waals surface area contributed by atoms with Gasteiger partial charge in [-0.3, -0.25) is 4.40 Å². The fourth-order valence-corrected chi connectivity index (χ4v) is 4.29. The number of hydrogen-bond donors (Lipinski definition) is 1. The molecule has 0 radical (unpaired) electrons. The molecule has 2 aromatic heterocycles. The van der Waals surface area contributed by atoms with E-state index in [2.05, 4.69) is 40.5 Å². The van der Waals surface area contributed by atoms with Crippen LogP contribution in [0.4, 0.5) is 5.82 Å². The minimum atomic E-state index is 0.261. The van der Waals surface area contributed by atoms with Gasteiger partial charge in [0.05, 0.1) is 11.4 Å². The molecule has 0 bridgehead atoms. The molecule has 3 heterocycles. The summed E-state index contributed by atoms with van der Waals surface area (Å²) in [6.07, 6.45) is 8.54. The van der Waals surface area contributed by atoms with Crippen LogP contribution in [0.5, 0.6) is 5.75 Å². The minimum absolute atomic E-state index is 0.261. The number of hydrogen-bond acceptors (Lipinski definition) is 4. The van der Waals surface area contributed by atoms with Crippen molar-refractivity contribution in [2.24, 2.45) is 0 Å². The van der Waals surface area contributed by atoms with Crippen LogP contribution in [0.2, 0.25) is 0 Å². The molecule has 0 atom stereocenters. The molecule has 152 valence electrons. The molecule has 1 N–H and O–H groups in total. The van der Waals surface area contributed by atoms with E-state index in [9.17, 15) is 5.11 Å². The van der Waals surface area contributed by atoms with Crippen molar-refractivity contribution in [3.63, 3.8) is 0 Å². The lowest BCUT2D eigenvalue weighted by atomic mass is 10.0. The molecule has 1 aliphatic rings. The molecule has 1 aliphatic heterocycles. The summed E-state index contributed by atoms with van der Waals surface area (Å²) in [5.74, 6) is 1.21. The highest BCUT2D eigenvalue weighted by molar-refractivity contribution is 5.85. The summed E-state index contributed by atoms with van der Waals surface area (Å²) in [5.41, 5.74) is 6.26. The lowest BCUT2D eigenvalue weighted by molar-refractivity contribution is 0.475. The van der Waals surface area contributed by atoms with Crippen molar-refractivity contribution in [3.8, 4) is 28.3 Å². The molecule has 0 unspecified atom stereocenters. The minimum Gasteiger partial charge on any atom is -0.508 e. The SMILES string of the molecule is CCc1ccc(-c2nc3c(N4CCCCC4)nccn3c2-c2ccc(O)cc2)cc1. The van der Waals surface area contributed by atoms with Gasteiger partial charge in [-0.05, 0) is 55.5 Å². The van der Waals surface area contributed by atoms with Crippen LogP contribution in [0.1, 0.15) is 31.7 Å². The average molecular weight is 399 g/mol. The Balaban J connectivity index is 1.74. The zero-order chi connectivity index (χ0) is 20.5. The Hall–Kier alpha value is -3.34. The first-order valence-corrected chi connectivity index (χ1v) is 10.8. The number of piperidine rings is 1. The van der Waals surface area contributed by atoms with Gasteiger partial charge in [0.1, 0.15) is 5.75 Å². The lowest BCUT2D eigenvalue weighted by Gasteiger charge is -2.27. The van der Waals surface area contributed by atoms with Crippen molar-refractivity contribution >= 4 is 11.5 Å². The van der Waals surface area contributed by atoms with E-state index in [1.54, 1.807) is 12.1 Å². The highest BCUT2D eigenvalue weighted by atomic mass is 16.3. The van der Waals surface area contributed by atoms with E-state index in [4.69, 9.17) is 9.97 Å². The molecule has 0 saturated carbocycles. The van der Waals surface area contributed by atoms with Crippen LogP contribution in [0.15, 0.2) is 60.9 Å². The number of aromatic hydroxyl groups is 1. The second kappa shape index (κ2) is 7.82. The second-order valence-corrected chi connectivity index (χ2v) is 7.90. The molecule has 5 heteroatoms. The van der Waals surface area contributed by atoms with Crippen molar-refractivity contribution in [2.75, 3.05) is 18.0 Å². The van der Waals surface area contributed by atoms with Gasteiger partial charge in [-0.1, -0.05) is 31.2 Å². The number of rotatable bonds is 4. The molecular formula is C25H26N4O. The smallest absolute Gasteiger partial charge is 0.181 e. The van der Waals surface area contributed by atoms with Gasteiger partial charge >= 0.3 is 0 Å². The summed E-state index contributed by atoms with van der Waals surface area (Å²) < 4.78 is 2.15. The fraction of sp³-hybridized carbons (Fsp3) is 0.280. The number of aromatic nitrogens is 3. The third kappa shape index (κ3) is 3.30. The molecule has 5 rings (SSSR count). The summed E-state index contributed by atoms with van der Waals surface area (Å²) >= 11 is 0.